The van der Waals surface area contributed by atoms with Gasteiger partial charge < -0.3 is 10.3 Å². The molecule has 1 atom stereocenters. The van der Waals surface area contributed by atoms with Gasteiger partial charge in [0.2, 0.25) is 11.7 Å². The molecule has 0 radical (unpaired) electrons. The lowest BCUT2D eigenvalue weighted by molar-refractivity contribution is 0.332. The molecule has 4 nitrogen and oxygen atoms in total. The minimum Gasteiger partial charge on any atom is -0.339 e. The quantitative estimate of drug-likeness (QED) is 0.881. The Labute approximate surface area is 118 Å². The zero-order chi connectivity index (χ0) is 13.8. The molecule has 1 unspecified atom stereocenters. The molecule has 19 heavy (non-hydrogen) atoms. The Morgan fingerprint density at radius 2 is 2.16 bits per heavy atom. The third-order valence-electron chi connectivity index (χ3n) is 3.17. The maximum atomic E-state index is 5.81. The van der Waals surface area contributed by atoms with E-state index < -0.39 is 0 Å². The normalized spacial score (nSPS) is 13.1. The van der Waals surface area contributed by atoms with Crippen molar-refractivity contribution in [2.45, 2.75) is 33.6 Å². The van der Waals surface area contributed by atoms with E-state index in [2.05, 4.69) is 41.7 Å². The largest absolute Gasteiger partial charge is 0.339 e. The summed E-state index contributed by atoms with van der Waals surface area (Å²) in [5, 5.41) is 8.21. The Kier molecular flexibility index (Phi) is 4.71. The standard InChI is InChI=1S/C14H21N3OS/c1-9(2)4-11(6-15)5-13-16-14(17-18-13)12-8-19-7-10(12)3/h7-9,11H,4-6,15H2,1-3H3. The molecular weight excluding hydrogens is 258 g/mol. The smallest absolute Gasteiger partial charge is 0.227 e. The minimum atomic E-state index is 0.414. The van der Waals surface area contributed by atoms with Crippen molar-refractivity contribution in [1.82, 2.24) is 10.1 Å². The van der Waals surface area contributed by atoms with E-state index in [1.807, 2.05) is 0 Å². The molecule has 2 aromatic heterocycles. The predicted octanol–water partition coefficient (Wildman–Crippen LogP) is 3.27. The van der Waals surface area contributed by atoms with Gasteiger partial charge in [0.25, 0.3) is 0 Å². The molecule has 2 aromatic rings. The van der Waals surface area contributed by atoms with Crippen LogP contribution in [0.3, 0.4) is 0 Å². The highest BCUT2D eigenvalue weighted by molar-refractivity contribution is 7.08. The van der Waals surface area contributed by atoms with E-state index in [0.717, 1.165) is 18.4 Å². The van der Waals surface area contributed by atoms with Crippen LogP contribution in [0.5, 0.6) is 0 Å². The van der Waals surface area contributed by atoms with Crippen molar-refractivity contribution in [3.05, 3.63) is 22.2 Å². The molecule has 0 bridgehead atoms. The summed E-state index contributed by atoms with van der Waals surface area (Å²) >= 11 is 1.66. The second-order valence-corrected chi connectivity index (χ2v) is 6.16. The van der Waals surface area contributed by atoms with Crippen LogP contribution in [0, 0.1) is 18.8 Å². The molecule has 0 aliphatic carbocycles. The van der Waals surface area contributed by atoms with Gasteiger partial charge >= 0.3 is 0 Å². The Bertz CT molecular complexity index is 518. The van der Waals surface area contributed by atoms with Gasteiger partial charge in [-0.15, -0.1) is 0 Å². The number of nitrogens with zero attached hydrogens (tertiary/aromatic N) is 2. The Balaban J connectivity index is 2.07. The van der Waals surface area contributed by atoms with Crippen LogP contribution in [0.15, 0.2) is 15.3 Å². The van der Waals surface area contributed by atoms with Crippen LogP contribution < -0.4 is 5.73 Å². The average Bonchev–Trinajstić information content (AvgIpc) is 2.96. The fraction of sp³-hybridized carbons (Fsp3) is 0.571. The maximum Gasteiger partial charge on any atom is 0.227 e. The molecule has 2 heterocycles. The number of aryl methyl sites for hydroxylation is 1. The van der Waals surface area contributed by atoms with Crippen LogP contribution in [-0.2, 0) is 6.42 Å². The molecule has 0 spiro atoms. The van der Waals surface area contributed by atoms with E-state index in [0.29, 0.717) is 30.1 Å². The Hall–Kier alpha value is -1.20. The van der Waals surface area contributed by atoms with Crippen molar-refractivity contribution in [2.24, 2.45) is 17.6 Å². The van der Waals surface area contributed by atoms with E-state index in [1.54, 1.807) is 11.3 Å². The number of aromatic nitrogens is 2. The molecule has 104 valence electrons. The molecular formula is C14H21N3OS. The Morgan fingerprint density at radius 3 is 2.74 bits per heavy atom. The molecule has 0 aromatic carbocycles. The van der Waals surface area contributed by atoms with Gasteiger partial charge in [-0.1, -0.05) is 19.0 Å². The zero-order valence-corrected chi connectivity index (χ0v) is 12.5. The number of nitrogens with two attached hydrogens (primary N) is 1. The number of hydrogen-bond donors (Lipinski definition) is 1. The van der Waals surface area contributed by atoms with E-state index in [4.69, 9.17) is 10.3 Å². The SMILES string of the molecule is Cc1cscc1-c1noc(CC(CN)CC(C)C)n1. The van der Waals surface area contributed by atoms with Crippen molar-refractivity contribution in [3.63, 3.8) is 0 Å². The van der Waals surface area contributed by atoms with Crippen molar-refractivity contribution >= 4 is 11.3 Å². The first kappa shape index (κ1) is 14.2. The van der Waals surface area contributed by atoms with Crippen LogP contribution in [-0.4, -0.2) is 16.7 Å². The highest BCUT2D eigenvalue weighted by atomic mass is 32.1. The number of hydrogen-bond acceptors (Lipinski definition) is 5. The third kappa shape index (κ3) is 3.64. The molecule has 5 heteroatoms. The zero-order valence-electron chi connectivity index (χ0n) is 11.7. The second-order valence-electron chi connectivity index (χ2n) is 5.42. The molecule has 0 saturated heterocycles. The van der Waals surface area contributed by atoms with E-state index >= 15 is 0 Å². The van der Waals surface area contributed by atoms with Crippen molar-refractivity contribution in [1.29, 1.82) is 0 Å². The lowest BCUT2D eigenvalue weighted by Crippen LogP contribution is -2.19. The number of rotatable bonds is 6. The monoisotopic (exact) mass is 279 g/mol. The molecule has 2 N–H and O–H groups in total. The van der Waals surface area contributed by atoms with Gasteiger partial charge in [-0.2, -0.15) is 16.3 Å². The maximum absolute atomic E-state index is 5.81. The fourth-order valence-corrected chi connectivity index (χ4v) is 3.04. The topological polar surface area (TPSA) is 64.9 Å². The average molecular weight is 279 g/mol. The summed E-state index contributed by atoms with van der Waals surface area (Å²) in [4.78, 5) is 4.48. The van der Waals surface area contributed by atoms with Crippen LogP contribution in [0.1, 0.15) is 31.7 Å². The van der Waals surface area contributed by atoms with Crippen molar-refractivity contribution in [2.75, 3.05) is 6.54 Å². The summed E-state index contributed by atoms with van der Waals surface area (Å²) in [7, 11) is 0. The van der Waals surface area contributed by atoms with Gasteiger partial charge in [0.1, 0.15) is 0 Å². The summed E-state index contributed by atoms with van der Waals surface area (Å²) < 4.78 is 5.35. The molecule has 0 amide bonds. The molecule has 0 saturated carbocycles. The third-order valence-corrected chi connectivity index (χ3v) is 4.03. The summed E-state index contributed by atoms with van der Waals surface area (Å²) in [5.74, 6) is 2.43. The van der Waals surface area contributed by atoms with Gasteiger partial charge in [-0.3, -0.25) is 0 Å². The summed E-state index contributed by atoms with van der Waals surface area (Å²) in [5.41, 5.74) is 8.06. The predicted molar refractivity (Wildman–Crippen MR) is 78.1 cm³/mol. The molecule has 2 rings (SSSR count). The highest BCUT2D eigenvalue weighted by Crippen LogP contribution is 2.25. The van der Waals surface area contributed by atoms with E-state index in [9.17, 15) is 0 Å². The first-order valence-electron chi connectivity index (χ1n) is 6.66. The first-order valence-corrected chi connectivity index (χ1v) is 7.60. The van der Waals surface area contributed by atoms with Crippen LogP contribution >= 0.6 is 11.3 Å². The van der Waals surface area contributed by atoms with E-state index in [-0.39, 0.29) is 0 Å². The Morgan fingerprint density at radius 1 is 1.37 bits per heavy atom. The lowest BCUT2D eigenvalue weighted by atomic mass is 9.94. The van der Waals surface area contributed by atoms with Gasteiger partial charge in [0.15, 0.2) is 0 Å². The van der Waals surface area contributed by atoms with E-state index in [1.165, 1.54) is 5.56 Å². The molecule has 0 fully saturated rings. The minimum absolute atomic E-state index is 0.414. The lowest BCUT2D eigenvalue weighted by Gasteiger charge is -2.14. The number of thiophene rings is 1. The van der Waals surface area contributed by atoms with Crippen molar-refractivity contribution < 1.29 is 4.52 Å². The van der Waals surface area contributed by atoms with Gasteiger partial charge in [0.05, 0.1) is 0 Å². The van der Waals surface area contributed by atoms with Crippen molar-refractivity contribution in [3.8, 4) is 11.4 Å². The highest BCUT2D eigenvalue weighted by Gasteiger charge is 2.16. The second kappa shape index (κ2) is 6.30. The summed E-state index contributed by atoms with van der Waals surface area (Å²) in [6.07, 6.45) is 1.86. The van der Waals surface area contributed by atoms with Crippen LogP contribution in [0.2, 0.25) is 0 Å². The van der Waals surface area contributed by atoms with Gasteiger partial charge in [-0.25, -0.2) is 0 Å². The molecule has 0 aliphatic heterocycles. The van der Waals surface area contributed by atoms with Gasteiger partial charge in [0, 0.05) is 17.4 Å². The molecule has 0 aliphatic rings. The first-order chi connectivity index (χ1) is 9.10. The van der Waals surface area contributed by atoms with Gasteiger partial charge in [-0.05, 0) is 42.7 Å². The fourth-order valence-electron chi connectivity index (χ4n) is 2.21. The summed E-state index contributed by atoms with van der Waals surface area (Å²) in [6.45, 7) is 7.13. The summed E-state index contributed by atoms with van der Waals surface area (Å²) in [6, 6.07) is 0. The van der Waals surface area contributed by atoms with Crippen LogP contribution in [0.4, 0.5) is 0 Å². The van der Waals surface area contributed by atoms with Crippen LogP contribution in [0.25, 0.3) is 11.4 Å².